The summed E-state index contributed by atoms with van der Waals surface area (Å²) < 4.78 is 48.8. The summed E-state index contributed by atoms with van der Waals surface area (Å²) in [7, 11) is 1.62. The van der Waals surface area contributed by atoms with Gasteiger partial charge in [0, 0.05) is 37.6 Å². The number of aryl methyl sites for hydroxylation is 1. The van der Waals surface area contributed by atoms with Crippen LogP contribution in [0.3, 0.4) is 0 Å². The van der Waals surface area contributed by atoms with Crippen molar-refractivity contribution in [1.29, 1.82) is 0 Å². The molecule has 0 bridgehead atoms. The van der Waals surface area contributed by atoms with Crippen molar-refractivity contribution in [3.8, 4) is 5.75 Å². The predicted molar refractivity (Wildman–Crippen MR) is 112 cm³/mol. The average Bonchev–Trinajstić information content (AvgIpc) is 3.17. The lowest BCUT2D eigenvalue weighted by atomic mass is 10.1. The van der Waals surface area contributed by atoms with Gasteiger partial charge in [-0.15, -0.1) is 11.3 Å². The molecule has 0 fully saturated rings. The monoisotopic (exact) mass is 444 g/mol. The summed E-state index contributed by atoms with van der Waals surface area (Å²) in [6.07, 6.45) is -4.03. The number of hydrogen-bond acceptors (Lipinski definition) is 5. The van der Waals surface area contributed by atoms with Crippen LogP contribution < -0.4 is 15.4 Å². The van der Waals surface area contributed by atoms with Crippen LogP contribution in [0, 0.1) is 6.92 Å². The Morgan fingerprint density at radius 1 is 1.23 bits per heavy atom. The number of rotatable bonds is 10. The number of aromatic nitrogens is 1. The van der Waals surface area contributed by atoms with Gasteiger partial charge in [0.25, 0.3) is 0 Å². The van der Waals surface area contributed by atoms with Crippen LogP contribution in [0.25, 0.3) is 0 Å². The molecule has 6 nitrogen and oxygen atoms in total. The molecule has 30 heavy (non-hydrogen) atoms. The normalized spacial score (nSPS) is 12.1. The standard InChI is InChI=1S/C20H27F3N4O2S/c1-4-24-19(25-8-7-18-27-17(13-30-18)20(21,22)23)26-12-15-6-5-14(2)11-16(15)29-10-9-28-3/h5-6,11,13H,4,7-10,12H2,1-3H3,(H2,24,25,26). The first-order chi connectivity index (χ1) is 14.3. The topological polar surface area (TPSA) is 67.8 Å². The molecule has 166 valence electrons. The number of benzene rings is 1. The largest absolute Gasteiger partial charge is 0.491 e. The molecule has 0 aliphatic rings. The maximum Gasteiger partial charge on any atom is 0.434 e. The molecule has 1 aromatic carbocycles. The van der Waals surface area contributed by atoms with E-state index in [9.17, 15) is 13.2 Å². The fourth-order valence-corrected chi connectivity index (χ4v) is 3.32. The van der Waals surface area contributed by atoms with Gasteiger partial charge in [0.15, 0.2) is 11.7 Å². The van der Waals surface area contributed by atoms with E-state index < -0.39 is 11.9 Å². The van der Waals surface area contributed by atoms with Crippen LogP contribution >= 0.6 is 11.3 Å². The zero-order valence-electron chi connectivity index (χ0n) is 17.3. The third-order valence-electron chi connectivity index (χ3n) is 3.99. The van der Waals surface area contributed by atoms with E-state index in [-0.39, 0.29) is 0 Å². The second-order valence-electron chi connectivity index (χ2n) is 6.45. The molecule has 2 N–H and O–H groups in total. The number of thiazole rings is 1. The number of ether oxygens (including phenoxy) is 2. The van der Waals surface area contributed by atoms with Crippen molar-refractivity contribution in [2.45, 2.75) is 33.0 Å². The summed E-state index contributed by atoms with van der Waals surface area (Å²) in [4.78, 5) is 8.20. The first-order valence-electron chi connectivity index (χ1n) is 9.58. The molecule has 0 amide bonds. The molecule has 1 heterocycles. The Labute approximate surface area is 178 Å². The van der Waals surface area contributed by atoms with E-state index in [1.807, 2.05) is 32.0 Å². The van der Waals surface area contributed by atoms with Crippen LogP contribution in [0.1, 0.15) is 28.8 Å². The fraction of sp³-hybridized carbons (Fsp3) is 0.500. The predicted octanol–water partition coefficient (Wildman–Crippen LogP) is 3.79. The van der Waals surface area contributed by atoms with Crippen molar-refractivity contribution < 1.29 is 22.6 Å². The third-order valence-corrected chi connectivity index (χ3v) is 4.90. The molecule has 0 aliphatic carbocycles. The Bertz CT molecular complexity index is 825. The minimum Gasteiger partial charge on any atom is -0.491 e. The van der Waals surface area contributed by atoms with Gasteiger partial charge in [0.1, 0.15) is 12.4 Å². The summed E-state index contributed by atoms with van der Waals surface area (Å²) in [6.45, 7) is 6.35. The molecular weight excluding hydrogens is 417 g/mol. The highest BCUT2D eigenvalue weighted by molar-refractivity contribution is 7.09. The Balaban J connectivity index is 1.96. The summed E-state index contributed by atoms with van der Waals surface area (Å²) in [5, 5.41) is 7.73. The van der Waals surface area contributed by atoms with Crippen LogP contribution in [0.4, 0.5) is 13.2 Å². The van der Waals surface area contributed by atoms with E-state index in [4.69, 9.17) is 9.47 Å². The summed E-state index contributed by atoms with van der Waals surface area (Å²) in [6, 6.07) is 5.93. The molecule has 0 spiro atoms. The number of nitrogens with zero attached hydrogens (tertiary/aromatic N) is 2. The molecule has 2 rings (SSSR count). The van der Waals surface area contributed by atoms with Crippen molar-refractivity contribution in [3.05, 3.63) is 45.4 Å². The van der Waals surface area contributed by atoms with Gasteiger partial charge < -0.3 is 20.1 Å². The Morgan fingerprint density at radius 3 is 2.70 bits per heavy atom. The molecule has 0 atom stereocenters. The van der Waals surface area contributed by atoms with Crippen LogP contribution in [-0.4, -0.2) is 44.4 Å². The van der Waals surface area contributed by atoms with Crippen LogP contribution in [-0.2, 0) is 23.9 Å². The highest BCUT2D eigenvalue weighted by atomic mass is 32.1. The van der Waals surface area contributed by atoms with Crippen molar-refractivity contribution in [2.24, 2.45) is 4.99 Å². The minimum absolute atomic E-state index is 0.376. The first kappa shape index (κ1) is 23.9. The highest BCUT2D eigenvalue weighted by Gasteiger charge is 2.33. The molecule has 2 aromatic rings. The van der Waals surface area contributed by atoms with Crippen molar-refractivity contribution in [3.63, 3.8) is 0 Å². The molecule has 0 saturated heterocycles. The zero-order valence-corrected chi connectivity index (χ0v) is 18.1. The molecule has 0 saturated carbocycles. The van der Waals surface area contributed by atoms with Gasteiger partial charge in [-0.05, 0) is 25.5 Å². The number of alkyl halides is 3. The van der Waals surface area contributed by atoms with Gasteiger partial charge in [-0.1, -0.05) is 12.1 Å². The molecule has 1 aromatic heterocycles. The molecule has 0 radical (unpaired) electrons. The van der Waals surface area contributed by atoms with Gasteiger partial charge in [0.05, 0.1) is 18.2 Å². The van der Waals surface area contributed by atoms with Crippen molar-refractivity contribution >= 4 is 17.3 Å². The van der Waals surface area contributed by atoms with E-state index in [1.165, 1.54) is 0 Å². The third kappa shape index (κ3) is 7.83. The summed E-state index contributed by atoms with van der Waals surface area (Å²) in [5.41, 5.74) is 1.17. The number of guanidine groups is 1. The minimum atomic E-state index is -4.41. The molecule has 0 unspecified atom stereocenters. The van der Waals surface area contributed by atoms with E-state index in [0.29, 0.717) is 50.2 Å². The maximum absolute atomic E-state index is 12.7. The Hall–Kier alpha value is -2.33. The molecule has 0 aliphatic heterocycles. The van der Waals surface area contributed by atoms with Gasteiger partial charge >= 0.3 is 6.18 Å². The summed E-state index contributed by atoms with van der Waals surface area (Å²) >= 11 is 1.01. The summed E-state index contributed by atoms with van der Waals surface area (Å²) in [5.74, 6) is 1.34. The smallest absolute Gasteiger partial charge is 0.434 e. The van der Waals surface area contributed by atoms with E-state index >= 15 is 0 Å². The zero-order chi connectivity index (χ0) is 22.0. The lowest BCUT2D eigenvalue weighted by Gasteiger charge is -2.13. The van der Waals surface area contributed by atoms with Gasteiger partial charge in [-0.2, -0.15) is 13.2 Å². The van der Waals surface area contributed by atoms with E-state index in [2.05, 4.69) is 20.6 Å². The number of methoxy groups -OCH3 is 1. The van der Waals surface area contributed by atoms with Gasteiger partial charge in [-0.3, -0.25) is 0 Å². The maximum atomic E-state index is 12.7. The second-order valence-corrected chi connectivity index (χ2v) is 7.39. The molecule has 10 heteroatoms. The Kier molecular flexibility index (Phi) is 9.38. The second kappa shape index (κ2) is 11.8. The fourth-order valence-electron chi connectivity index (χ4n) is 2.51. The number of halogens is 3. The van der Waals surface area contributed by atoms with Crippen molar-refractivity contribution in [1.82, 2.24) is 15.6 Å². The Morgan fingerprint density at radius 2 is 2.03 bits per heavy atom. The quantitative estimate of drug-likeness (QED) is 0.332. The van der Waals surface area contributed by atoms with Gasteiger partial charge in [-0.25, -0.2) is 9.98 Å². The number of hydrogen-bond donors (Lipinski definition) is 2. The van der Waals surface area contributed by atoms with Crippen LogP contribution in [0.15, 0.2) is 28.6 Å². The van der Waals surface area contributed by atoms with Crippen LogP contribution in [0.5, 0.6) is 5.75 Å². The lowest BCUT2D eigenvalue weighted by Crippen LogP contribution is -2.38. The number of aliphatic imine (C=N–C) groups is 1. The average molecular weight is 445 g/mol. The van der Waals surface area contributed by atoms with Gasteiger partial charge in [0.2, 0.25) is 0 Å². The SMILES string of the molecule is CCNC(=NCc1ccc(C)cc1OCCOC)NCCc1nc(C(F)(F)F)cs1. The van der Waals surface area contributed by atoms with E-state index in [0.717, 1.165) is 33.6 Å². The number of nitrogens with one attached hydrogen (secondary N) is 2. The van der Waals surface area contributed by atoms with Crippen LogP contribution in [0.2, 0.25) is 0 Å². The lowest BCUT2D eigenvalue weighted by molar-refractivity contribution is -0.140. The molecular formula is C20H27F3N4O2S. The van der Waals surface area contributed by atoms with Crippen molar-refractivity contribution in [2.75, 3.05) is 33.4 Å². The first-order valence-corrected chi connectivity index (χ1v) is 10.5. The highest BCUT2D eigenvalue weighted by Crippen LogP contribution is 2.30. The van der Waals surface area contributed by atoms with E-state index in [1.54, 1.807) is 7.11 Å².